The van der Waals surface area contributed by atoms with Crippen molar-refractivity contribution in [1.82, 2.24) is 4.90 Å². The molecule has 1 saturated heterocycles. The van der Waals surface area contributed by atoms with E-state index in [4.69, 9.17) is 0 Å². The number of amides is 1. The van der Waals surface area contributed by atoms with Gasteiger partial charge < -0.3 is 5.32 Å². The van der Waals surface area contributed by atoms with Gasteiger partial charge in [-0.25, -0.2) is 0 Å². The van der Waals surface area contributed by atoms with Crippen LogP contribution in [0.15, 0.2) is 29.2 Å². The van der Waals surface area contributed by atoms with Crippen LogP contribution in [0.2, 0.25) is 0 Å². The molecule has 1 atom stereocenters. The van der Waals surface area contributed by atoms with Crippen LogP contribution >= 0.6 is 11.8 Å². The molecule has 6 heteroatoms. The highest BCUT2D eigenvalue weighted by atomic mass is 32.2. The van der Waals surface area contributed by atoms with Gasteiger partial charge in [-0.15, -0.1) is 0 Å². The van der Waals surface area contributed by atoms with E-state index < -0.39 is 5.76 Å². The molecule has 1 fully saturated rings. The summed E-state index contributed by atoms with van der Waals surface area (Å²) in [5.74, 6) is -2.48. The third-order valence-electron chi connectivity index (χ3n) is 3.65. The third kappa shape index (κ3) is 5.28. The molecule has 1 amide bonds. The summed E-state index contributed by atoms with van der Waals surface area (Å²) in [5, 5.41) is 2.81. The van der Waals surface area contributed by atoms with Gasteiger partial charge in [0.25, 0.3) is 5.76 Å². The van der Waals surface area contributed by atoms with Crippen molar-refractivity contribution in [2.45, 2.75) is 42.9 Å². The van der Waals surface area contributed by atoms with Gasteiger partial charge in [0.15, 0.2) is 0 Å². The number of nitrogens with one attached hydrogen (secondary N) is 1. The molecule has 1 aromatic rings. The van der Waals surface area contributed by atoms with Crippen LogP contribution in [0, 0.1) is 0 Å². The van der Waals surface area contributed by atoms with Gasteiger partial charge in [0, 0.05) is 16.6 Å². The van der Waals surface area contributed by atoms with Gasteiger partial charge in [-0.05, 0) is 50.6 Å². The van der Waals surface area contributed by atoms with Crippen molar-refractivity contribution in [3.63, 3.8) is 0 Å². The van der Waals surface area contributed by atoms with Crippen LogP contribution in [0.4, 0.5) is 14.5 Å². The number of anilines is 1. The number of piperidine rings is 1. The van der Waals surface area contributed by atoms with Gasteiger partial charge in [-0.2, -0.15) is 8.78 Å². The Kier molecular flexibility index (Phi) is 5.99. The Balaban J connectivity index is 1.84. The summed E-state index contributed by atoms with van der Waals surface area (Å²) in [7, 11) is 0. The Labute approximate surface area is 128 Å². The zero-order valence-electron chi connectivity index (χ0n) is 12.0. The predicted octanol–water partition coefficient (Wildman–Crippen LogP) is 3.81. The molecule has 116 valence electrons. The minimum absolute atomic E-state index is 0.0574. The van der Waals surface area contributed by atoms with Gasteiger partial charge in [0.05, 0.1) is 6.54 Å². The molecule has 0 spiro atoms. The summed E-state index contributed by atoms with van der Waals surface area (Å²) >= 11 is 0.501. The number of hydrogen-bond donors (Lipinski definition) is 1. The normalized spacial score (nSPS) is 19.7. The number of nitrogens with zero attached hydrogens (tertiary/aromatic N) is 1. The highest BCUT2D eigenvalue weighted by molar-refractivity contribution is 7.99. The number of likely N-dealkylation sites (tertiary alicyclic amines) is 1. The third-order valence-corrected chi connectivity index (χ3v) is 4.37. The molecule has 1 unspecified atom stereocenters. The van der Waals surface area contributed by atoms with E-state index in [1.165, 1.54) is 6.42 Å². The molecule has 3 nitrogen and oxygen atoms in total. The van der Waals surface area contributed by atoms with Crippen LogP contribution in [-0.4, -0.2) is 35.7 Å². The van der Waals surface area contributed by atoms with Gasteiger partial charge in [0.2, 0.25) is 5.91 Å². The molecule has 0 saturated carbocycles. The maximum absolute atomic E-state index is 12.2. The van der Waals surface area contributed by atoms with Crippen molar-refractivity contribution < 1.29 is 13.6 Å². The Bertz CT molecular complexity index is 467. The molecule has 1 aromatic carbocycles. The largest absolute Gasteiger partial charge is 0.325 e. The summed E-state index contributed by atoms with van der Waals surface area (Å²) < 4.78 is 24.4. The highest BCUT2D eigenvalue weighted by Gasteiger charge is 2.20. The van der Waals surface area contributed by atoms with E-state index >= 15 is 0 Å². The van der Waals surface area contributed by atoms with Gasteiger partial charge in [0.1, 0.15) is 0 Å². The Morgan fingerprint density at radius 1 is 1.38 bits per heavy atom. The van der Waals surface area contributed by atoms with Crippen LogP contribution in [0.3, 0.4) is 0 Å². The number of carbonyl (C=O) groups excluding carboxylic acids is 1. The Hall–Kier alpha value is -1.14. The fourth-order valence-corrected chi connectivity index (χ4v) is 3.00. The van der Waals surface area contributed by atoms with Crippen molar-refractivity contribution in [1.29, 1.82) is 0 Å². The lowest BCUT2D eigenvalue weighted by molar-refractivity contribution is -0.118. The van der Waals surface area contributed by atoms with E-state index in [1.807, 2.05) is 0 Å². The summed E-state index contributed by atoms with van der Waals surface area (Å²) in [6, 6.07) is 6.94. The second-order valence-corrected chi connectivity index (χ2v) is 6.33. The molecule has 1 N–H and O–H groups in total. The lowest BCUT2D eigenvalue weighted by Gasteiger charge is -2.32. The van der Waals surface area contributed by atoms with Crippen LogP contribution in [0.5, 0.6) is 0 Å². The minimum atomic E-state index is -2.42. The first kappa shape index (κ1) is 16.2. The number of alkyl halides is 2. The van der Waals surface area contributed by atoms with E-state index in [1.54, 1.807) is 24.3 Å². The molecule has 21 heavy (non-hydrogen) atoms. The van der Waals surface area contributed by atoms with Gasteiger partial charge in [-0.3, -0.25) is 9.69 Å². The SMILES string of the molecule is CC1CCCCN1CC(=O)Nc1ccc(SC(F)F)cc1. The van der Waals surface area contributed by atoms with Crippen LogP contribution in [-0.2, 0) is 4.79 Å². The highest BCUT2D eigenvalue weighted by Crippen LogP contribution is 2.26. The fraction of sp³-hybridized carbons (Fsp3) is 0.533. The zero-order valence-corrected chi connectivity index (χ0v) is 12.8. The molecule has 0 bridgehead atoms. The number of halogens is 2. The number of thioether (sulfide) groups is 1. The Morgan fingerprint density at radius 2 is 2.10 bits per heavy atom. The molecule has 1 heterocycles. The number of rotatable bonds is 5. The fourth-order valence-electron chi connectivity index (χ4n) is 2.50. The summed E-state index contributed by atoms with van der Waals surface area (Å²) in [5.41, 5.74) is 0.642. The van der Waals surface area contributed by atoms with Crippen molar-refractivity contribution in [3.05, 3.63) is 24.3 Å². The van der Waals surface area contributed by atoms with Crippen molar-refractivity contribution >= 4 is 23.4 Å². The first-order chi connectivity index (χ1) is 10.0. The number of carbonyl (C=O) groups is 1. The average molecular weight is 314 g/mol. The second-order valence-electron chi connectivity index (χ2n) is 5.27. The van der Waals surface area contributed by atoms with Crippen LogP contribution in [0.25, 0.3) is 0 Å². The molecule has 0 aliphatic carbocycles. The van der Waals surface area contributed by atoms with Crippen LogP contribution in [0.1, 0.15) is 26.2 Å². The zero-order chi connectivity index (χ0) is 15.2. The molecule has 0 radical (unpaired) electrons. The lowest BCUT2D eigenvalue weighted by atomic mass is 10.0. The lowest BCUT2D eigenvalue weighted by Crippen LogP contribution is -2.42. The van der Waals surface area contributed by atoms with E-state index in [0.717, 1.165) is 19.4 Å². The Morgan fingerprint density at radius 3 is 2.71 bits per heavy atom. The van der Waals surface area contributed by atoms with Gasteiger partial charge in [-0.1, -0.05) is 18.2 Å². The number of hydrogen-bond acceptors (Lipinski definition) is 3. The molecular weight excluding hydrogens is 294 g/mol. The van der Waals surface area contributed by atoms with Crippen molar-refractivity contribution in [2.24, 2.45) is 0 Å². The van der Waals surface area contributed by atoms with E-state index in [0.29, 0.717) is 34.9 Å². The summed E-state index contributed by atoms with van der Waals surface area (Å²) in [6.45, 7) is 3.48. The van der Waals surface area contributed by atoms with E-state index in [9.17, 15) is 13.6 Å². The first-order valence-corrected chi connectivity index (χ1v) is 8.01. The van der Waals surface area contributed by atoms with Crippen molar-refractivity contribution in [3.8, 4) is 0 Å². The molecule has 2 rings (SSSR count). The molecular formula is C15H20F2N2OS. The monoisotopic (exact) mass is 314 g/mol. The predicted molar refractivity (Wildman–Crippen MR) is 81.8 cm³/mol. The maximum atomic E-state index is 12.2. The molecule has 0 aromatic heterocycles. The van der Waals surface area contributed by atoms with Crippen LogP contribution < -0.4 is 5.32 Å². The van der Waals surface area contributed by atoms with E-state index in [-0.39, 0.29) is 5.91 Å². The van der Waals surface area contributed by atoms with Gasteiger partial charge >= 0.3 is 0 Å². The standard InChI is InChI=1S/C15H20F2N2OS/c1-11-4-2-3-9-19(11)10-14(20)18-12-5-7-13(8-6-12)21-15(16)17/h5-8,11,15H,2-4,9-10H2,1H3,(H,18,20). The summed E-state index contributed by atoms with van der Waals surface area (Å²) in [4.78, 5) is 14.7. The van der Waals surface area contributed by atoms with E-state index in [2.05, 4.69) is 17.1 Å². The smallest absolute Gasteiger partial charge is 0.288 e. The minimum Gasteiger partial charge on any atom is -0.325 e. The average Bonchev–Trinajstić information content (AvgIpc) is 2.43. The second kappa shape index (κ2) is 7.75. The molecule has 1 aliphatic rings. The van der Waals surface area contributed by atoms with Crippen molar-refractivity contribution in [2.75, 3.05) is 18.4 Å². The molecule has 1 aliphatic heterocycles. The first-order valence-electron chi connectivity index (χ1n) is 7.13. The topological polar surface area (TPSA) is 32.3 Å². The number of benzene rings is 1. The maximum Gasteiger partial charge on any atom is 0.288 e. The quantitative estimate of drug-likeness (QED) is 0.839. The summed E-state index contributed by atoms with van der Waals surface area (Å²) in [6.07, 6.45) is 3.49.